The first-order valence-corrected chi connectivity index (χ1v) is 4.56. The molecule has 1 heterocycles. The van der Waals surface area contributed by atoms with Crippen molar-refractivity contribution < 1.29 is 9.90 Å². The van der Waals surface area contributed by atoms with Gasteiger partial charge >= 0.3 is 5.97 Å². The molecule has 76 valence electrons. The zero-order valence-corrected chi connectivity index (χ0v) is 8.80. The van der Waals surface area contributed by atoms with Gasteiger partial charge in [-0.2, -0.15) is 0 Å². The number of halogens is 2. The van der Waals surface area contributed by atoms with Crippen LogP contribution < -0.4 is 5.32 Å². The molecule has 1 aromatic heterocycles. The fourth-order valence-electron chi connectivity index (χ4n) is 0.788. The number of aromatic nitrogens is 1. The first-order valence-electron chi connectivity index (χ1n) is 3.81. The molecule has 4 nitrogen and oxygen atoms in total. The lowest BCUT2D eigenvalue weighted by Crippen LogP contribution is -2.25. The molecule has 1 aromatic rings. The molecule has 0 fully saturated rings. The minimum absolute atomic E-state index is 0.297. The average Bonchev–Trinajstić information content (AvgIpc) is 2.09. The van der Waals surface area contributed by atoms with Crippen LogP contribution >= 0.6 is 23.2 Å². The van der Waals surface area contributed by atoms with Gasteiger partial charge in [0.05, 0.1) is 10.0 Å². The van der Waals surface area contributed by atoms with Crippen molar-refractivity contribution in [2.24, 2.45) is 0 Å². The molecule has 1 atom stereocenters. The third kappa shape index (κ3) is 2.75. The molecule has 0 aliphatic carbocycles. The van der Waals surface area contributed by atoms with Crippen molar-refractivity contribution >= 4 is 35.0 Å². The SMILES string of the molecule is CC(Nc1ncc(Cl)cc1Cl)C(=O)O. The zero-order valence-electron chi connectivity index (χ0n) is 7.29. The summed E-state index contributed by atoms with van der Waals surface area (Å²) in [4.78, 5) is 14.4. The van der Waals surface area contributed by atoms with Crippen molar-refractivity contribution in [3.8, 4) is 0 Å². The first kappa shape index (κ1) is 11.1. The Morgan fingerprint density at radius 2 is 2.29 bits per heavy atom. The van der Waals surface area contributed by atoms with Crippen LogP contribution in [0.1, 0.15) is 6.92 Å². The maximum absolute atomic E-state index is 10.5. The molecule has 0 aromatic carbocycles. The molecule has 0 aliphatic heterocycles. The molecule has 0 amide bonds. The van der Waals surface area contributed by atoms with Gasteiger partial charge in [0, 0.05) is 6.20 Å². The Kier molecular flexibility index (Phi) is 3.55. The molecule has 0 radical (unpaired) electrons. The third-order valence-corrected chi connectivity index (χ3v) is 2.03. The van der Waals surface area contributed by atoms with Crippen molar-refractivity contribution in [2.75, 3.05) is 5.32 Å². The Morgan fingerprint density at radius 3 is 2.79 bits per heavy atom. The van der Waals surface area contributed by atoms with Crippen LogP contribution in [0.15, 0.2) is 12.3 Å². The number of carboxylic acid groups (broad SMARTS) is 1. The van der Waals surface area contributed by atoms with E-state index in [0.29, 0.717) is 15.9 Å². The molecule has 14 heavy (non-hydrogen) atoms. The quantitative estimate of drug-likeness (QED) is 0.843. The summed E-state index contributed by atoms with van der Waals surface area (Å²) < 4.78 is 0. The molecule has 0 aliphatic rings. The summed E-state index contributed by atoms with van der Waals surface area (Å²) in [7, 11) is 0. The van der Waals surface area contributed by atoms with E-state index >= 15 is 0 Å². The van der Waals surface area contributed by atoms with E-state index in [1.165, 1.54) is 19.2 Å². The summed E-state index contributed by atoms with van der Waals surface area (Å²) in [5.74, 6) is -0.663. The van der Waals surface area contributed by atoms with Gasteiger partial charge in [0.25, 0.3) is 0 Å². The van der Waals surface area contributed by atoms with Crippen LogP contribution in [-0.2, 0) is 4.79 Å². The smallest absolute Gasteiger partial charge is 0.325 e. The fourth-order valence-corrected chi connectivity index (χ4v) is 1.22. The number of hydrogen-bond acceptors (Lipinski definition) is 3. The summed E-state index contributed by atoms with van der Waals surface area (Å²) in [5, 5.41) is 12.0. The highest BCUT2D eigenvalue weighted by Crippen LogP contribution is 2.22. The number of pyridine rings is 1. The maximum Gasteiger partial charge on any atom is 0.325 e. The van der Waals surface area contributed by atoms with E-state index in [1.54, 1.807) is 0 Å². The highest BCUT2D eigenvalue weighted by molar-refractivity contribution is 6.36. The number of carboxylic acids is 1. The van der Waals surface area contributed by atoms with Crippen LogP contribution in [0.2, 0.25) is 10.0 Å². The standard InChI is InChI=1S/C8H8Cl2N2O2/c1-4(8(13)14)12-7-6(10)2-5(9)3-11-7/h2-4H,1H3,(H,11,12)(H,13,14). The molecule has 0 saturated heterocycles. The predicted octanol–water partition coefficient (Wildman–Crippen LogP) is 2.27. The minimum Gasteiger partial charge on any atom is -0.480 e. The molecule has 1 rings (SSSR count). The van der Waals surface area contributed by atoms with Crippen LogP contribution in [0.4, 0.5) is 5.82 Å². The fraction of sp³-hybridized carbons (Fsp3) is 0.250. The topological polar surface area (TPSA) is 62.2 Å². The molecule has 2 N–H and O–H groups in total. The van der Waals surface area contributed by atoms with E-state index in [2.05, 4.69) is 10.3 Å². The molecular formula is C8H8Cl2N2O2. The number of nitrogens with one attached hydrogen (secondary N) is 1. The van der Waals surface area contributed by atoms with Gasteiger partial charge in [-0.1, -0.05) is 23.2 Å². The highest BCUT2D eigenvalue weighted by atomic mass is 35.5. The lowest BCUT2D eigenvalue weighted by Gasteiger charge is -2.10. The van der Waals surface area contributed by atoms with Crippen molar-refractivity contribution in [2.45, 2.75) is 13.0 Å². The van der Waals surface area contributed by atoms with Crippen molar-refractivity contribution in [3.05, 3.63) is 22.3 Å². The van der Waals surface area contributed by atoms with Crippen molar-refractivity contribution in [1.29, 1.82) is 0 Å². The van der Waals surface area contributed by atoms with Gasteiger partial charge in [0.2, 0.25) is 0 Å². The average molecular weight is 235 g/mol. The Bertz CT molecular complexity index is 357. The van der Waals surface area contributed by atoms with E-state index in [-0.39, 0.29) is 0 Å². The summed E-state index contributed by atoms with van der Waals surface area (Å²) in [6, 6.07) is 0.744. The molecule has 1 unspecified atom stereocenters. The van der Waals surface area contributed by atoms with Crippen LogP contribution in [0.25, 0.3) is 0 Å². The van der Waals surface area contributed by atoms with Gasteiger partial charge in [-0.25, -0.2) is 4.98 Å². The second-order valence-corrected chi connectivity index (χ2v) is 3.53. The number of carbonyl (C=O) groups is 1. The largest absolute Gasteiger partial charge is 0.480 e. The Balaban J connectivity index is 2.82. The maximum atomic E-state index is 10.5. The number of nitrogens with zero attached hydrogens (tertiary/aromatic N) is 1. The zero-order chi connectivity index (χ0) is 10.7. The van der Waals surface area contributed by atoms with Gasteiger partial charge in [-0.15, -0.1) is 0 Å². The van der Waals surface area contributed by atoms with E-state index in [9.17, 15) is 4.79 Å². The van der Waals surface area contributed by atoms with Gasteiger partial charge in [-0.05, 0) is 13.0 Å². The second-order valence-electron chi connectivity index (χ2n) is 2.69. The first-order chi connectivity index (χ1) is 6.50. The summed E-state index contributed by atoms with van der Waals surface area (Å²) in [5.41, 5.74) is 0. The Hall–Kier alpha value is -1.00. The summed E-state index contributed by atoms with van der Waals surface area (Å²) >= 11 is 11.4. The van der Waals surface area contributed by atoms with Gasteiger partial charge in [-0.3, -0.25) is 4.79 Å². The molecule has 0 spiro atoms. The van der Waals surface area contributed by atoms with Crippen LogP contribution in [0, 0.1) is 0 Å². The predicted molar refractivity (Wildman–Crippen MR) is 55.0 cm³/mol. The lowest BCUT2D eigenvalue weighted by molar-refractivity contribution is -0.137. The number of rotatable bonds is 3. The van der Waals surface area contributed by atoms with Crippen LogP contribution in [-0.4, -0.2) is 22.1 Å². The Labute approximate surface area is 90.9 Å². The molecular weight excluding hydrogens is 227 g/mol. The van der Waals surface area contributed by atoms with E-state index < -0.39 is 12.0 Å². The number of anilines is 1. The van der Waals surface area contributed by atoms with Gasteiger partial charge < -0.3 is 10.4 Å². The molecule has 6 heteroatoms. The van der Waals surface area contributed by atoms with Gasteiger partial charge in [0.1, 0.15) is 11.9 Å². The second kappa shape index (κ2) is 4.48. The Morgan fingerprint density at radius 1 is 1.64 bits per heavy atom. The van der Waals surface area contributed by atoms with Crippen LogP contribution in [0.5, 0.6) is 0 Å². The van der Waals surface area contributed by atoms with Crippen LogP contribution in [0.3, 0.4) is 0 Å². The third-order valence-electron chi connectivity index (χ3n) is 1.53. The lowest BCUT2D eigenvalue weighted by atomic mass is 10.3. The van der Waals surface area contributed by atoms with Crippen molar-refractivity contribution in [3.63, 3.8) is 0 Å². The van der Waals surface area contributed by atoms with Gasteiger partial charge in [0.15, 0.2) is 0 Å². The normalized spacial score (nSPS) is 12.2. The summed E-state index contributed by atoms with van der Waals surface area (Å²) in [6.07, 6.45) is 1.39. The number of aliphatic carboxylic acids is 1. The number of hydrogen-bond donors (Lipinski definition) is 2. The monoisotopic (exact) mass is 234 g/mol. The molecule has 0 bridgehead atoms. The molecule has 0 saturated carbocycles. The van der Waals surface area contributed by atoms with E-state index in [1.807, 2.05) is 0 Å². The van der Waals surface area contributed by atoms with Crippen molar-refractivity contribution in [1.82, 2.24) is 4.98 Å². The van der Waals surface area contributed by atoms with E-state index in [4.69, 9.17) is 28.3 Å². The van der Waals surface area contributed by atoms with E-state index in [0.717, 1.165) is 0 Å². The highest BCUT2D eigenvalue weighted by Gasteiger charge is 2.12. The summed E-state index contributed by atoms with van der Waals surface area (Å²) in [6.45, 7) is 1.49. The minimum atomic E-state index is -0.974.